The van der Waals surface area contributed by atoms with Crippen molar-refractivity contribution in [1.82, 2.24) is 14.3 Å². The molecule has 8 heteroatoms. The van der Waals surface area contributed by atoms with Crippen LogP contribution in [0.4, 0.5) is 0 Å². The van der Waals surface area contributed by atoms with Gasteiger partial charge in [0.15, 0.2) is 0 Å². The maximum absolute atomic E-state index is 11.7. The molecule has 0 saturated carbocycles. The lowest BCUT2D eigenvalue weighted by atomic mass is 9.98. The molecule has 0 amide bonds. The Morgan fingerprint density at radius 2 is 2.18 bits per heavy atom. The summed E-state index contributed by atoms with van der Waals surface area (Å²) in [5, 5.41) is 8.77. The molecule has 2 heterocycles. The van der Waals surface area contributed by atoms with E-state index in [-0.39, 0.29) is 12.3 Å². The minimum absolute atomic E-state index is 0.0238. The molecule has 1 fully saturated rings. The van der Waals surface area contributed by atoms with E-state index in [2.05, 4.69) is 9.97 Å². The van der Waals surface area contributed by atoms with Crippen molar-refractivity contribution in [1.29, 1.82) is 0 Å². The van der Waals surface area contributed by atoms with Gasteiger partial charge in [0.25, 0.3) is 0 Å². The van der Waals surface area contributed by atoms with Crippen LogP contribution in [0.25, 0.3) is 0 Å². The maximum Gasteiger partial charge on any atom is 0.303 e. The number of hydrogen-bond acceptors (Lipinski definition) is 5. The van der Waals surface area contributed by atoms with E-state index in [1.807, 2.05) is 6.92 Å². The topological polar surface area (TPSA) is 100 Å². The molecule has 0 unspecified atom stereocenters. The zero-order valence-corrected chi connectivity index (χ0v) is 13.6. The molecular formula is C14H21N3O4S. The summed E-state index contributed by atoms with van der Waals surface area (Å²) in [6, 6.07) is 1.78. The molecule has 1 aromatic rings. The summed E-state index contributed by atoms with van der Waals surface area (Å²) in [6.07, 6.45) is 3.21. The van der Waals surface area contributed by atoms with Crippen LogP contribution in [0.5, 0.6) is 0 Å². The van der Waals surface area contributed by atoms with E-state index in [1.165, 1.54) is 10.6 Å². The number of carbonyl (C=O) groups is 1. The third-order valence-corrected chi connectivity index (χ3v) is 5.01. The van der Waals surface area contributed by atoms with Gasteiger partial charge in [-0.15, -0.1) is 0 Å². The largest absolute Gasteiger partial charge is 0.481 e. The number of aliphatic carboxylic acids is 1. The predicted octanol–water partition coefficient (Wildman–Crippen LogP) is 0.941. The van der Waals surface area contributed by atoms with E-state index >= 15 is 0 Å². The van der Waals surface area contributed by atoms with Crippen LogP contribution >= 0.6 is 0 Å². The predicted molar refractivity (Wildman–Crippen MR) is 81.1 cm³/mol. The fourth-order valence-electron chi connectivity index (χ4n) is 2.66. The number of sulfonamides is 1. The standard InChI is InChI=1S/C14H21N3O4S/c1-10-8-12(5-6-13(18)19)16-14(15-10)11-4-3-7-17(9-11)22(2,20)21/h8,11H,3-7,9H2,1-2H3,(H,18,19)/t11-/m0/s1. The van der Waals surface area contributed by atoms with Gasteiger partial charge in [-0.25, -0.2) is 22.7 Å². The third-order valence-electron chi connectivity index (χ3n) is 3.74. The van der Waals surface area contributed by atoms with Crippen molar-refractivity contribution in [2.45, 2.75) is 38.5 Å². The fourth-order valence-corrected chi connectivity index (χ4v) is 3.57. The Balaban J connectivity index is 2.18. The first-order valence-corrected chi connectivity index (χ1v) is 9.12. The molecule has 7 nitrogen and oxygen atoms in total. The van der Waals surface area contributed by atoms with Gasteiger partial charge in [0.1, 0.15) is 5.82 Å². The Kier molecular flexibility index (Phi) is 5.12. The Morgan fingerprint density at radius 3 is 2.82 bits per heavy atom. The number of hydrogen-bond donors (Lipinski definition) is 1. The van der Waals surface area contributed by atoms with Crippen molar-refractivity contribution >= 4 is 16.0 Å². The minimum Gasteiger partial charge on any atom is -0.481 e. The number of piperidine rings is 1. The van der Waals surface area contributed by atoms with E-state index < -0.39 is 16.0 Å². The molecule has 0 aromatic carbocycles. The van der Waals surface area contributed by atoms with Gasteiger partial charge in [-0.05, 0) is 25.8 Å². The molecule has 1 aliphatic heterocycles. The third kappa shape index (κ3) is 4.48. The van der Waals surface area contributed by atoms with E-state index in [1.54, 1.807) is 6.07 Å². The average Bonchev–Trinajstić information content (AvgIpc) is 2.44. The van der Waals surface area contributed by atoms with Crippen LogP contribution < -0.4 is 0 Å². The highest BCUT2D eigenvalue weighted by Crippen LogP contribution is 2.26. The van der Waals surface area contributed by atoms with Crippen molar-refractivity contribution in [3.05, 3.63) is 23.3 Å². The van der Waals surface area contributed by atoms with Crippen molar-refractivity contribution < 1.29 is 18.3 Å². The SMILES string of the molecule is Cc1cc(CCC(=O)O)nc([C@H]2CCCN(S(C)(=O)=O)C2)n1. The molecule has 0 bridgehead atoms. The lowest BCUT2D eigenvalue weighted by Gasteiger charge is -2.30. The summed E-state index contributed by atoms with van der Waals surface area (Å²) in [6.45, 7) is 2.76. The highest BCUT2D eigenvalue weighted by molar-refractivity contribution is 7.88. The van der Waals surface area contributed by atoms with Crippen molar-refractivity contribution in [2.75, 3.05) is 19.3 Å². The van der Waals surface area contributed by atoms with Crippen molar-refractivity contribution in [2.24, 2.45) is 0 Å². The van der Waals surface area contributed by atoms with Crippen LogP contribution in [0.3, 0.4) is 0 Å². The lowest BCUT2D eigenvalue weighted by molar-refractivity contribution is -0.136. The summed E-state index contributed by atoms with van der Waals surface area (Å²) in [5.74, 6) is -0.278. The van der Waals surface area contributed by atoms with E-state index in [0.29, 0.717) is 31.0 Å². The van der Waals surface area contributed by atoms with Crippen molar-refractivity contribution in [3.63, 3.8) is 0 Å². The lowest BCUT2D eigenvalue weighted by Crippen LogP contribution is -2.38. The van der Waals surface area contributed by atoms with Gasteiger partial charge in [0.2, 0.25) is 10.0 Å². The summed E-state index contributed by atoms with van der Waals surface area (Å²) in [7, 11) is -3.21. The van der Waals surface area contributed by atoms with Crippen LogP contribution in [0, 0.1) is 6.92 Å². The first-order chi connectivity index (χ1) is 10.3. The zero-order chi connectivity index (χ0) is 16.3. The molecule has 2 rings (SSSR count). The Hall–Kier alpha value is -1.54. The molecule has 1 aromatic heterocycles. The number of aromatic nitrogens is 2. The normalized spacial score (nSPS) is 20.0. The fraction of sp³-hybridized carbons (Fsp3) is 0.643. The molecule has 22 heavy (non-hydrogen) atoms. The van der Waals surface area contributed by atoms with Gasteiger partial charge in [0.05, 0.1) is 12.7 Å². The second-order valence-electron chi connectivity index (χ2n) is 5.71. The Bertz CT molecular complexity index is 660. The number of carboxylic acid groups (broad SMARTS) is 1. The Labute approximate surface area is 130 Å². The van der Waals surface area contributed by atoms with E-state index in [9.17, 15) is 13.2 Å². The van der Waals surface area contributed by atoms with Gasteiger partial charge in [-0.1, -0.05) is 0 Å². The van der Waals surface area contributed by atoms with Crippen LogP contribution in [-0.2, 0) is 21.2 Å². The molecule has 1 N–H and O–H groups in total. The molecule has 1 aliphatic rings. The first-order valence-electron chi connectivity index (χ1n) is 7.27. The first kappa shape index (κ1) is 16.8. The second kappa shape index (κ2) is 6.70. The van der Waals surface area contributed by atoms with E-state index in [0.717, 1.165) is 18.5 Å². The summed E-state index contributed by atoms with van der Waals surface area (Å²) >= 11 is 0. The maximum atomic E-state index is 11.7. The highest BCUT2D eigenvalue weighted by atomic mass is 32.2. The molecule has 1 saturated heterocycles. The molecule has 0 aliphatic carbocycles. The molecular weight excluding hydrogens is 306 g/mol. The summed E-state index contributed by atoms with van der Waals surface area (Å²) < 4.78 is 24.9. The van der Waals surface area contributed by atoms with Crippen LogP contribution in [0.2, 0.25) is 0 Å². The van der Waals surface area contributed by atoms with Crippen LogP contribution in [0.1, 0.15) is 42.4 Å². The molecule has 0 radical (unpaired) electrons. The van der Waals surface area contributed by atoms with Gasteiger partial charge < -0.3 is 5.11 Å². The minimum atomic E-state index is -3.21. The van der Waals surface area contributed by atoms with E-state index in [4.69, 9.17) is 5.11 Å². The number of carboxylic acids is 1. The number of aryl methyl sites for hydroxylation is 2. The van der Waals surface area contributed by atoms with Crippen LogP contribution in [-0.4, -0.2) is 53.1 Å². The van der Waals surface area contributed by atoms with Gasteiger partial charge in [-0.3, -0.25) is 4.79 Å². The number of rotatable bonds is 5. The number of nitrogens with zero attached hydrogens (tertiary/aromatic N) is 3. The molecule has 122 valence electrons. The quantitative estimate of drug-likeness (QED) is 0.864. The zero-order valence-electron chi connectivity index (χ0n) is 12.8. The van der Waals surface area contributed by atoms with Gasteiger partial charge in [0, 0.05) is 36.8 Å². The summed E-state index contributed by atoms with van der Waals surface area (Å²) in [4.78, 5) is 19.6. The smallest absolute Gasteiger partial charge is 0.303 e. The highest BCUT2D eigenvalue weighted by Gasteiger charge is 2.28. The average molecular weight is 327 g/mol. The summed E-state index contributed by atoms with van der Waals surface area (Å²) in [5.41, 5.74) is 1.48. The Morgan fingerprint density at radius 1 is 1.45 bits per heavy atom. The van der Waals surface area contributed by atoms with Gasteiger partial charge in [-0.2, -0.15) is 0 Å². The van der Waals surface area contributed by atoms with Crippen LogP contribution in [0.15, 0.2) is 6.07 Å². The van der Waals surface area contributed by atoms with Crippen molar-refractivity contribution in [3.8, 4) is 0 Å². The molecule has 1 atom stereocenters. The second-order valence-corrected chi connectivity index (χ2v) is 7.70. The molecule has 0 spiro atoms. The van der Waals surface area contributed by atoms with Gasteiger partial charge >= 0.3 is 5.97 Å². The monoisotopic (exact) mass is 327 g/mol.